The van der Waals surface area contributed by atoms with E-state index >= 15 is 0 Å². The van der Waals surface area contributed by atoms with Gasteiger partial charge < -0.3 is 4.90 Å². The number of nitrogens with zero attached hydrogens (tertiary/aromatic N) is 3. The van der Waals surface area contributed by atoms with E-state index in [4.69, 9.17) is 11.6 Å². The number of piperidine rings is 1. The van der Waals surface area contributed by atoms with Gasteiger partial charge in [-0.15, -0.1) is 0 Å². The van der Waals surface area contributed by atoms with Gasteiger partial charge in [-0.05, 0) is 45.0 Å². The van der Waals surface area contributed by atoms with Crippen LogP contribution in [-0.2, 0) is 10.0 Å². The summed E-state index contributed by atoms with van der Waals surface area (Å²) in [6.07, 6.45) is 2.61. The molecule has 1 aliphatic heterocycles. The predicted molar refractivity (Wildman–Crippen MR) is 92.8 cm³/mol. The van der Waals surface area contributed by atoms with Crippen molar-refractivity contribution in [2.45, 2.75) is 37.1 Å². The van der Waals surface area contributed by atoms with Crippen LogP contribution in [0, 0.1) is 10.1 Å². The lowest BCUT2D eigenvalue weighted by molar-refractivity contribution is -0.384. The molecular formula is C15H22ClN3O4S. The number of likely N-dealkylation sites (tertiary alicyclic amines) is 1. The molecule has 9 heteroatoms. The second-order valence-electron chi connectivity index (χ2n) is 5.97. The van der Waals surface area contributed by atoms with E-state index in [2.05, 4.69) is 11.8 Å². The highest BCUT2D eigenvalue weighted by atomic mass is 35.5. The lowest BCUT2D eigenvalue weighted by Gasteiger charge is -2.36. The van der Waals surface area contributed by atoms with Crippen LogP contribution in [0.4, 0.5) is 5.69 Å². The Morgan fingerprint density at radius 2 is 2.00 bits per heavy atom. The van der Waals surface area contributed by atoms with Gasteiger partial charge in [0.25, 0.3) is 5.69 Å². The first-order valence-electron chi connectivity index (χ1n) is 7.91. The van der Waals surface area contributed by atoms with Crippen LogP contribution in [0.2, 0.25) is 5.02 Å². The molecule has 1 fully saturated rings. The summed E-state index contributed by atoms with van der Waals surface area (Å²) in [4.78, 5) is 12.4. The SMILES string of the molecule is CCCN1CCC(N(C)S(=O)(=O)c2ccc([N+](=O)[O-])cc2Cl)CC1. The number of non-ortho nitro benzene ring substituents is 1. The summed E-state index contributed by atoms with van der Waals surface area (Å²) >= 11 is 5.99. The number of rotatable bonds is 6. The van der Waals surface area contributed by atoms with Crippen molar-refractivity contribution >= 4 is 27.3 Å². The minimum Gasteiger partial charge on any atom is -0.303 e. The van der Waals surface area contributed by atoms with Crippen LogP contribution in [0.3, 0.4) is 0 Å². The average Bonchev–Trinajstić information content (AvgIpc) is 2.54. The number of hydrogen-bond donors (Lipinski definition) is 0. The molecule has 0 saturated carbocycles. The third-order valence-corrected chi connectivity index (χ3v) is 6.79. The van der Waals surface area contributed by atoms with E-state index in [1.54, 1.807) is 7.05 Å². The van der Waals surface area contributed by atoms with Crippen LogP contribution in [-0.4, -0.2) is 55.3 Å². The monoisotopic (exact) mass is 375 g/mol. The highest BCUT2D eigenvalue weighted by molar-refractivity contribution is 7.89. The maximum Gasteiger partial charge on any atom is 0.271 e. The molecule has 0 spiro atoms. The maximum absolute atomic E-state index is 12.8. The smallest absolute Gasteiger partial charge is 0.271 e. The van der Waals surface area contributed by atoms with Crippen molar-refractivity contribution in [2.75, 3.05) is 26.7 Å². The topological polar surface area (TPSA) is 83.8 Å². The third-order valence-electron chi connectivity index (χ3n) is 4.39. The number of halogens is 1. The zero-order chi connectivity index (χ0) is 17.9. The molecule has 0 unspecified atom stereocenters. The van der Waals surface area contributed by atoms with Gasteiger partial charge in [-0.25, -0.2) is 8.42 Å². The highest BCUT2D eigenvalue weighted by Gasteiger charge is 2.32. The minimum atomic E-state index is -3.78. The second-order valence-corrected chi connectivity index (χ2v) is 8.34. The molecule has 1 aromatic rings. The lowest BCUT2D eigenvalue weighted by atomic mass is 10.1. The molecular weight excluding hydrogens is 354 g/mol. The van der Waals surface area contributed by atoms with E-state index in [0.29, 0.717) is 0 Å². The Morgan fingerprint density at radius 3 is 2.50 bits per heavy atom. The van der Waals surface area contributed by atoms with Crippen molar-refractivity contribution in [3.05, 3.63) is 33.3 Å². The molecule has 1 heterocycles. The summed E-state index contributed by atoms with van der Waals surface area (Å²) in [5.74, 6) is 0. The number of hydrogen-bond acceptors (Lipinski definition) is 5. The lowest BCUT2D eigenvalue weighted by Crippen LogP contribution is -2.45. The van der Waals surface area contributed by atoms with Gasteiger partial charge in [0.1, 0.15) is 4.90 Å². The van der Waals surface area contributed by atoms with Crippen molar-refractivity contribution in [3.8, 4) is 0 Å². The average molecular weight is 376 g/mol. The van der Waals surface area contributed by atoms with E-state index in [-0.39, 0.29) is 21.6 Å². The largest absolute Gasteiger partial charge is 0.303 e. The fourth-order valence-corrected chi connectivity index (χ4v) is 4.91. The Morgan fingerprint density at radius 1 is 1.38 bits per heavy atom. The zero-order valence-corrected chi connectivity index (χ0v) is 15.4. The van der Waals surface area contributed by atoms with Gasteiger partial charge in [0.2, 0.25) is 10.0 Å². The second kappa shape index (κ2) is 7.77. The van der Waals surface area contributed by atoms with Crippen molar-refractivity contribution < 1.29 is 13.3 Å². The van der Waals surface area contributed by atoms with Crippen molar-refractivity contribution in [1.29, 1.82) is 0 Å². The summed E-state index contributed by atoms with van der Waals surface area (Å²) in [6, 6.07) is 3.36. The van der Waals surface area contributed by atoms with Crippen molar-refractivity contribution in [1.82, 2.24) is 9.21 Å². The molecule has 1 saturated heterocycles. The summed E-state index contributed by atoms with van der Waals surface area (Å²) < 4.78 is 26.9. The van der Waals surface area contributed by atoms with Gasteiger partial charge in [-0.1, -0.05) is 18.5 Å². The molecule has 0 bridgehead atoms. The summed E-state index contributed by atoms with van der Waals surface area (Å²) in [6.45, 7) is 4.88. The summed E-state index contributed by atoms with van der Waals surface area (Å²) in [7, 11) is -2.23. The Kier molecular flexibility index (Phi) is 6.19. The van der Waals surface area contributed by atoms with Gasteiger partial charge >= 0.3 is 0 Å². The Balaban J connectivity index is 2.17. The third kappa shape index (κ3) is 4.05. The molecule has 134 valence electrons. The Bertz CT molecular complexity index is 703. The maximum atomic E-state index is 12.8. The predicted octanol–water partition coefficient (Wildman–Crippen LogP) is 2.74. The number of sulfonamides is 1. The molecule has 0 aliphatic carbocycles. The van der Waals surface area contributed by atoms with Crippen LogP contribution >= 0.6 is 11.6 Å². The van der Waals surface area contributed by atoms with Crippen LogP contribution in [0.25, 0.3) is 0 Å². The minimum absolute atomic E-state index is 0.0886. The molecule has 1 aliphatic rings. The molecule has 0 radical (unpaired) electrons. The highest BCUT2D eigenvalue weighted by Crippen LogP contribution is 2.30. The fourth-order valence-electron chi connectivity index (χ4n) is 2.99. The number of benzene rings is 1. The van der Waals surface area contributed by atoms with Crippen LogP contribution in [0.1, 0.15) is 26.2 Å². The van der Waals surface area contributed by atoms with Gasteiger partial charge in [-0.3, -0.25) is 10.1 Å². The fraction of sp³-hybridized carbons (Fsp3) is 0.600. The van der Waals surface area contributed by atoms with Crippen molar-refractivity contribution in [2.24, 2.45) is 0 Å². The molecule has 0 atom stereocenters. The van der Waals surface area contributed by atoms with Gasteiger partial charge in [0, 0.05) is 25.2 Å². The number of nitro benzene ring substituents is 1. The molecule has 2 rings (SSSR count). The van der Waals surface area contributed by atoms with Gasteiger partial charge in [0.15, 0.2) is 0 Å². The Labute approximate surface area is 147 Å². The van der Waals surface area contributed by atoms with E-state index in [9.17, 15) is 18.5 Å². The van der Waals surface area contributed by atoms with E-state index in [1.807, 2.05) is 0 Å². The first-order valence-corrected chi connectivity index (χ1v) is 9.73. The van der Waals surface area contributed by atoms with Crippen LogP contribution in [0.5, 0.6) is 0 Å². The van der Waals surface area contributed by atoms with Crippen molar-refractivity contribution in [3.63, 3.8) is 0 Å². The molecule has 0 N–H and O–H groups in total. The first-order chi connectivity index (χ1) is 11.3. The molecule has 0 amide bonds. The van der Waals surface area contributed by atoms with Gasteiger partial charge in [-0.2, -0.15) is 4.31 Å². The summed E-state index contributed by atoms with van der Waals surface area (Å²) in [5, 5.41) is 10.6. The molecule has 0 aromatic heterocycles. The van der Waals surface area contributed by atoms with Crippen LogP contribution in [0.15, 0.2) is 23.1 Å². The van der Waals surface area contributed by atoms with Crippen LogP contribution < -0.4 is 0 Å². The molecule has 7 nitrogen and oxygen atoms in total. The normalized spacial score (nSPS) is 17.3. The summed E-state index contributed by atoms with van der Waals surface area (Å²) in [5.41, 5.74) is -0.227. The zero-order valence-electron chi connectivity index (χ0n) is 13.8. The quantitative estimate of drug-likeness (QED) is 0.563. The Hall–Kier alpha value is -1.22. The molecule has 1 aromatic carbocycles. The van der Waals surface area contributed by atoms with Gasteiger partial charge in [0.05, 0.1) is 9.95 Å². The number of nitro groups is 1. The molecule has 24 heavy (non-hydrogen) atoms. The standard InChI is InChI=1S/C15H22ClN3O4S/c1-3-8-18-9-6-12(7-10-18)17(2)24(22,23)15-5-4-13(19(20)21)11-14(15)16/h4-5,11-12H,3,6-10H2,1-2H3. The van der Waals surface area contributed by atoms with E-state index in [1.165, 1.54) is 10.4 Å². The van der Waals surface area contributed by atoms with E-state index < -0.39 is 14.9 Å². The van der Waals surface area contributed by atoms with E-state index in [0.717, 1.165) is 51.0 Å². The first kappa shape index (κ1) is 19.1.